The Hall–Kier alpha value is -1.59. The number of ether oxygens (including phenoxy) is 2. The molecule has 9 nitrogen and oxygen atoms in total. The number of hydrogen-bond acceptors (Lipinski definition) is 9. The van der Waals surface area contributed by atoms with E-state index in [1.807, 2.05) is 6.92 Å². The third-order valence-corrected chi connectivity index (χ3v) is 11.6. The lowest BCUT2D eigenvalue weighted by atomic mass is 9.44. The summed E-state index contributed by atoms with van der Waals surface area (Å²) in [7, 11) is 0. The molecule has 0 radical (unpaired) electrons. The molecule has 1 saturated heterocycles. The molecule has 9 heteroatoms. The summed E-state index contributed by atoms with van der Waals surface area (Å²) in [6, 6.07) is 3.18. The molecule has 0 bridgehead atoms. The van der Waals surface area contributed by atoms with Gasteiger partial charge in [0.1, 0.15) is 18.3 Å². The summed E-state index contributed by atoms with van der Waals surface area (Å²) in [5, 5.41) is 54.7. The van der Waals surface area contributed by atoms with E-state index in [0.29, 0.717) is 19.3 Å². The molecule has 4 aliphatic carbocycles. The first kappa shape index (κ1) is 27.6. The zero-order chi connectivity index (χ0) is 27.9. The Morgan fingerprint density at radius 2 is 1.74 bits per heavy atom. The minimum atomic E-state index is -1.34. The van der Waals surface area contributed by atoms with Crippen molar-refractivity contribution in [2.45, 2.75) is 120 Å². The summed E-state index contributed by atoms with van der Waals surface area (Å²) in [6.45, 7) is 5.90. The molecule has 13 atom stereocenters. The van der Waals surface area contributed by atoms with Crippen molar-refractivity contribution in [3.63, 3.8) is 0 Å². The second-order valence-electron chi connectivity index (χ2n) is 13.2. The largest absolute Gasteiger partial charge is 0.431 e. The van der Waals surface area contributed by atoms with Crippen molar-refractivity contribution in [2.75, 3.05) is 0 Å². The van der Waals surface area contributed by atoms with Crippen LogP contribution in [-0.4, -0.2) is 74.0 Å². The average Bonchev–Trinajstić information content (AvgIpc) is 3.20. The van der Waals surface area contributed by atoms with Crippen molar-refractivity contribution >= 4 is 0 Å². The van der Waals surface area contributed by atoms with E-state index in [-0.39, 0.29) is 29.3 Å². The highest BCUT2D eigenvalue weighted by molar-refractivity contribution is 5.32. The Balaban J connectivity index is 1.24. The van der Waals surface area contributed by atoms with Gasteiger partial charge < -0.3 is 39.4 Å². The first-order chi connectivity index (χ1) is 18.4. The molecule has 5 N–H and O–H groups in total. The first-order valence-electron chi connectivity index (χ1n) is 14.5. The minimum Gasteiger partial charge on any atom is -0.431 e. The maximum atomic E-state index is 12.4. The minimum absolute atomic E-state index is 0.0345. The normalized spacial score (nSPS) is 51.4. The van der Waals surface area contributed by atoms with E-state index in [4.69, 9.17) is 13.9 Å². The molecule has 4 fully saturated rings. The average molecular weight is 547 g/mol. The van der Waals surface area contributed by atoms with Crippen LogP contribution in [0.3, 0.4) is 0 Å². The van der Waals surface area contributed by atoms with Crippen molar-refractivity contribution in [3.05, 3.63) is 46.0 Å². The van der Waals surface area contributed by atoms with E-state index < -0.39 is 53.5 Å². The zero-order valence-electron chi connectivity index (χ0n) is 22.9. The van der Waals surface area contributed by atoms with Crippen LogP contribution in [0.15, 0.2) is 39.3 Å². The zero-order valence-corrected chi connectivity index (χ0v) is 22.9. The second-order valence-corrected chi connectivity index (χ2v) is 13.2. The van der Waals surface area contributed by atoms with Crippen LogP contribution in [0.1, 0.15) is 77.2 Å². The highest BCUT2D eigenvalue weighted by Crippen LogP contribution is 2.70. The van der Waals surface area contributed by atoms with Gasteiger partial charge in [-0.05, 0) is 86.7 Å². The predicted octanol–water partition coefficient (Wildman–Crippen LogP) is 1.98. The van der Waals surface area contributed by atoms with Crippen LogP contribution in [0.4, 0.5) is 0 Å². The van der Waals surface area contributed by atoms with Gasteiger partial charge in [-0.15, -0.1) is 0 Å². The summed E-state index contributed by atoms with van der Waals surface area (Å²) in [5.41, 5.74) is -0.294. The number of aliphatic hydroxyl groups excluding tert-OH is 4. The van der Waals surface area contributed by atoms with Gasteiger partial charge in [-0.1, -0.05) is 25.5 Å². The lowest BCUT2D eigenvalue weighted by molar-refractivity contribution is -0.301. The Labute approximate surface area is 228 Å². The summed E-state index contributed by atoms with van der Waals surface area (Å²) in [4.78, 5) is 11.6. The molecule has 0 amide bonds. The number of rotatable bonds is 3. The Morgan fingerprint density at radius 3 is 2.46 bits per heavy atom. The van der Waals surface area contributed by atoms with Crippen molar-refractivity contribution in [1.82, 2.24) is 0 Å². The second kappa shape index (κ2) is 9.48. The molecular formula is C30H42O9. The fourth-order valence-electron chi connectivity index (χ4n) is 9.16. The van der Waals surface area contributed by atoms with Gasteiger partial charge in [0.2, 0.25) is 0 Å². The maximum Gasteiger partial charge on any atom is 0.335 e. The molecular weight excluding hydrogens is 504 g/mol. The molecule has 1 aromatic heterocycles. The first-order valence-corrected chi connectivity index (χ1v) is 14.5. The monoisotopic (exact) mass is 546 g/mol. The van der Waals surface area contributed by atoms with Gasteiger partial charge in [0.25, 0.3) is 0 Å². The highest BCUT2D eigenvalue weighted by Gasteiger charge is 2.70. The molecule has 0 aromatic carbocycles. The Kier molecular flexibility index (Phi) is 6.70. The van der Waals surface area contributed by atoms with Gasteiger partial charge in [-0.25, -0.2) is 4.79 Å². The quantitative estimate of drug-likeness (QED) is 0.359. The molecule has 6 rings (SSSR count). The van der Waals surface area contributed by atoms with Gasteiger partial charge in [0, 0.05) is 11.5 Å². The molecule has 39 heavy (non-hydrogen) atoms. The van der Waals surface area contributed by atoms with E-state index in [0.717, 1.165) is 31.2 Å². The number of fused-ring (bicyclic) bond motifs is 5. The maximum absolute atomic E-state index is 12.4. The van der Waals surface area contributed by atoms with Crippen molar-refractivity contribution in [3.8, 4) is 0 Å². The number of allylic oxidation sites excluding steroid dienone is 1. The van der Waals surface area contributed by atoms with Crippen LogP contribution < -0.4 is 5.63 Å². The van der Waals surface area contributed by atoms with Crippen LogP contribution in [0, 0.1) is 22.7 Å². The van der Waals surface area contributed by atoms with Gasteiger partial charge in [-0.3, -0.25) is 0 Å². The molecule has 0 spiro atoms. The topological polar surface area (TPSA) is 150 Å². The van der Waals surface area contributed by atoms with Crippen LogP contribution in [0.2, 0.25) is 0 Å². The summed E-state index contributed by atoms with van der Waals surface area (Å²) in [6.07, 6.45) is 2.04. The van der Waals surface area contributed by atoms with Crippen molar-refractivity contribution < 1.29 is 39.4 Å². The molecule has 0 unspecified atom stereocenters. The standard InChI is InChI=1S/C30H42O9/c1-15-24(33)25(34)26(35)27(38-15)39-18-8-10-28(2)17(12-18)5-6-20-21(28)13-22(31)29(3)19(9-11-30(20,29)36)16-4-7-23(32)37-14-16/h4,7,12,14-15,18-22,24-27,31,33-36H,5-6,8-11,13H2,1-3H3/t15-,18-,19+,20-,21-,22+,24-,25+,26+,27-,28-,29-,30-/m0/s1. The van der Waals surface area contributed by atoms with E-state index in [1.165, 1.54) is 17.9 Å². The van der Waals surface area contributed by atoms with Gasteiger partial charge in [0.15, 0.2) is 6.29 Å². The molecule has 1 aromatic rings. The van der Waals surface area contributed by atoms with E-state index >= 15 is 0 Å². The van der Waals surface area contributed by atoms with Gasteiger partial charge in [0.05, 0.1) is 30.2 Å². The van der Waals surface area contributed by atoms with Gasteiger partial charge >= 0.3 is 5.63 Å². The van der Waals surface area contributed by atoms with E-state index in [1.54, 1.807) is 13.0 Å². The van der Waals surface area contributed by atoms with Gasteiger partial charge in [-0.2, -0.15) is 0 Å². The lowest BCUT2D eigenvalue weighted by Crippen LogP contribution is -2.65. The molecule has 2 heterocycles. The number of hydrogen-bond donors (Lipinski definition) is 5. The summed E-state index contributed by atoms with van der Waals surface area (Å²) in [5.74, 6) is 0.0366. The predicted molar refractivity (Wildman–Crippen MR) is 140 cm³/mol. The van der Waals surface area contributed by atoms with E-state index in [9.17, 15) is 30.3 Å². The van der Waals surface area contributed by atoms with Crippen LogP contribution in [0.25, 0.3) is 0 Å². The smallest absolute Gasteiger partial charge is 0.335 e. The SMILES string of the molecule is C[C@@H]1O[C@@H](O[C@@H]2C=C3CC[C@H]4[C@H](C[C@@H](O)[C@]5(C)[C@@H](c6ccc(=O)oc6)CC[C@]45O)[C@@]3(C)CC2)[C@H](O)[C@H](O)[C@H]1O. The number of aliphatic hydroxyl groups is 5. The van der Waals surface area contributed by atoms with Crippen LogP contribution in [-0.2, 0) is 9.47 Å². The fraction of sp³-hybridized carbons (Fsp3) is 0.767. The summed E-state index contributed by atoms with van der Waals surface area (Å²) < 4.78 is 16.9. The van der Waals surface area contributed by atoms with Crippen molar-refractivity contribution in [1.29, 1.82) is 0 Å². The lowest BCUT2D eigenvalue weighted by Gasteiger charge is -2.63. The van der Waals surface area contributed by atoms with Crippen molar-refractivity contribution in [2.24, 2.45) is 22.7 Å². The molecule has 216 valence electrons. The third kappa shape index (κ3) is 3.95. The Morgan fingerprint density at radius 1 is 0.974 bits per heavy atom. The molecule has 5 aliphatic rings. The molecule has 3 saturated carbocycles. The molecule has 1 aliphatic heterocycles. The fourth-order valence-corrected chi connectivity index (χ4v) is 9.16. The summed E-state index contributed by atoms with van der Waals surface area (Å²) >= 11 is 0. The highest BCUT2D eigenvalue weighted by atomic mass is 16.7. The third-order valence-electron chi connectivity index (χ3n) is 11.6. The van der Waals surface area contributed by atoms with E-state index in [2.05, 4.69) is 13.0 Å². The van der Waals surface area contributed by atoms with Crippen LogP contribution in [0.5, 0.6) is 0 Å². The Bertz CT molecular complexity index is 1160. The van der Waals surface area contributed by atoms with Crippen LogP contribution >= 0.6 is 0 Å².